The third-order valence-corrected chi connectivity index (χ3v) is 9.91. The van der Waals surface area contributed by atoms with Gasteiger partial charge in [0.2, 0.25) is 0 Å². The van der Waals surface area contributed by atoms with Gasteiger partial charge in [-0.2, -0.15) is 0 Å². The number of hydrogen-bond acceptors (Lipinski definition) is 2. The molecule has 2 saturated heterocycles. The van der Waals surface area contributed by atoms with E-state index in [4.69, 9.17) is 9.47 Å². The van der Waals surface area contributed by atoms with Crippen LogP contribution in [0.25, 0.3) is 0 Å². The standard InChI is InChI=1S/C35H72N2O2.2HI/c1-5-7-9-10-11-12-14-23-31-39-34-35(32-36(3)25-17-18-26-36,33-37(4)27-19-20-28-37)24-16-13-15-22-30-38-29-21-8-6-2;;/h5-34H2,1-4H3;2*1H/q+2;;/p-2. The van der Waals surface area contributed by atoms with Crippen molar-refractivity contribution >= 4 is 0 Å². The number of rotatable bonds is 26. The van der Waals surface area contributed by atoms with Crippen molar-refractivity contribution in [2.24, 2.45) is 5.41 Å². The normalized spacial score (nSPS) is 17.9. The van der Waals surface area contributed by atoms with Crippen LogP contribution in [0.5, 0.6) is 0 Å². The van der Waals surface area contributed by atoms with E-state index in [0.717, 1.165) is 26.4 Å². The molecule has 0 radical (unpaired) electrons. The smallest absolute Gasteiger partial charge is 0.0919 e. The molecule has 0 amide bonds. The fourth-order valence-electron chi connectivity index (χ4n) is 7.75. The lowest BCUT2D eigenvalue weighted by molar-refractivity contribution is -0.928. The van der Waals surface area contributed by atoms with E-state index in [-0.39, 0.29) is 48.0 Å². The van der Waals surface area contributed by atoms with E-state index in [0.29, 0.717) is 5.41 Å². The summed E-state index contributed by atoms with van der Waals surface area (Å²) in [4.78, 5) is 0. The summed E-state index contributed by atoms with van der Waals surface area (Å²) in [5.41, 5.74) is 0.328. The van der Waals surface area contributed by atoms with Crippen LogP contribution in [0.1, 0.15) is 142 Å². The van der Waals surface area contributed by atoms with Crippen LogP contribution in [0.15, 0.2) is 0 Å². The van der Waals surface area contributed by atoms with Gasteiger partial charge in [0.1, 0.15) is 0 Å². The van der Waals surface area contributed by atoms with E-state index >= 15 is 0 Å². The van der Waals surface area contributed by atoms with Crippen LogP contribution in [0.2, 0.25) is 0 Å². The van der Waals surface area contributed by atoms with Gasteiger partial charge in [-0.1, -0.05) is 90.9 Å². The molecule has 2 aliphatic heterocycles. The Kier molecular flexibility index (Phi) is 26.3. The van der Waals surface area contributed by atoms with Gasteiger partial charge in [-0.15, -0.1) is 0 Å². The molecule has 0 aliphatic carbocycles. The van der Waals surface area contributed by atoms with Gasteiger partial charge in [-0.3, -0.25) is 0 Å². The van der Waals surface area contributed by atoms with Gasteiger partial charge >= 0.3 is 0 Å². The second-order valence-electron chi connectivity index (χ2n) is 14.4. The molecule has 248 valence electrons. The highest BCUT2D eigenvalue weighted by molar-refractivity contribution is 4.82. The molecule has 2 rings (SSSR count). The van der Waals surface area contributed by atoms with Gasteiger partial charge in [-0.05, 0) is 25.7 Å². The summed E-state index contributed by atoms with van der Waals surface area (Å²) in [6, 6.07) is 0. The maximum atomic E-state index is 6.66. The Bertz CT molecular complexity index is 531. The first-order valence-corrected chi connectivity index (χ1v) is 17.8. The number of halogens is 2. The van der Waals surface area contributed by atoms with E-state index in [9.17, 15) is 0 Å². The summed E-state index contributed by atoms with van der Waals surface area (Å²) >= 11 is 0. The maximum absolute atomic E-state index is 6.66. The van der Waals surface area contributed by atoms with Crippen molar-refractivity contribution in [3.05, 3.63) is 0 Å². The third-order valence-electron chi connectivity index (χ3n) is 9.91. The number of unbranched alkanes of at least 4 members (excludes halogenated alkanes) is 12. The van der Waals surface area contributed by atoms with E-state index in [1.165, 1.54) is 177 Å². The minimum atomic E-state index is 0. The average Bonchev–Trinajstić information content (AvgIpc) is 3.54. The van der Waals surface area contributed by atoms with Gasteiger partial charge in [-0.25, -0.2) is 0 Å². The molecule has 2 fully saturated rings. The predicted octanol–water partition coefficient (Wildman–Crippen LogP) is 2.78. The summed E-state index contributed by atoms with van der Waals surface area (Å²) in [6.45, 7) is 16.6. The molecule has 0 saturated carbocycles. The molecule has 0 aromatic rings. The molecule has 0 bridgehead atoms. The van der Waals surface area contributed by atoms with E-state index in [2.05, 4.69) is 27.9 Å². The highest BCUT2D eigenvalue weighted by atomic mass is 127. The molecule has 0 aromatic heterocycles. The molecule has 0 unspecified atom stereocenters. The Hall–Kier alpha value is 1.30. The molecule has 4 nitrogen and oxygen atoms in total. The number of ether oxygens (including phenoxy) is 2. The van der Waals surface area contributed by atoms with Crippen LogP contribution in [0, 0.1) is 5.41 Å². The monoisotopic (exact) mass is 806 g/mol. The highest BCUT2D eigenvalue weighted by Crippen LogP contribution is 2.36. The average molecular weight is 807 g/mol. The summed E-state index contributed by atoms with van der Waals surface area (Å²) < 4.78 is 15.1. The molecule has 2 aliphatic rings. The molecule has 41 heavy (non-hydrogen) atoms. The summed E-state index contributed by atoms with van der Waals surface area (Å²) in [5.74, 6) is 0. The van der Waals surface area contributed by atoms with Crippen LogP contribution in [0.3, 0.4) is 0 Å². The van der Waals surface area contributed by atoms with Crippen LogP contribution >= 0.6 is 0 Å². The van der Waals surface area contributed by atoms with Crippen molar-refractivity contribution in [1.82, 2.24) is 0 Å². The summed E-state index contributed by atoms with van der Waals surface area (Å²) in [6.07, 6.45) is 27.1. The van der Waals surface area contributed by atoms with E-state index in [1.54, 1.807) is 0 Å². The maximum Gasteiger partial charge on any atom is 0.0919 e. The van der Waals surface area contributed by atoms with Crippen molar-refractivity contribution in [2.45, 2.75) is 142 Å². The van der Waals surface area contributed by atoms with Crippen molar-refractivity contribution in [3.63, 3.8) is 0 Å². The SMILES string of the molecule is CCCCCCCCCCOCC(CCCCCCOCCCCC)(C[N+]1(C)CCCC1)C[N+]1(C)CCCC1.[I-].[I-]. The zero-order valence-electron chi connectivity index (χ0n) is 28.2. The lowest BCUT2D eigenvalue weighted by Gasteiger charge is -2.45. The molecule has 6 heteroatoms. The Labute approximate surface area is 292 Å². The lowest BCUT2D eigenvalue weighted by atomic mass is 9.80. The zero-order chi connectivity index (χ0) is 28.1. The first-order valence-electron chi connectivity index (χ1n) is 17.8. The number of nitrogens with zero attached hydrogens (tertiary/aromatic N) is 2. The van der Waals surface area contributed by atoms with Crippen LogP contribution < -0.4 is 48.0 Å². The third kappa shape index (κ3) is 19.4. The summed E-state index contributed by atoms with van der Waals surface area (Å²) in [7, 11) is 5.11. The Balaban J connectivity index is 0.00000800. The van der Waals surface area contributed by atoms with Gasteiger partial charge < -0.3 is 66.4 Å². The largest absolute Gasteiger partial charge is 1.00 e. The fraction of sp³-hybridized carbons (Fsp3) is 1.00. The van der Waals surface area contributed by atoms with Crippen molar-refractivity contribution in [2.75, 3.05) is 79.8 Å². The molecule has 0 aromatic carbocycles. The topological polar surface area (TPSA) is 18.5 Å². The Morgan fingerprint density at radius 3 is 1.34 bits per heavy atom. The van der Waals surface area contributed by atoms with Gasteiger partial charge in [0, 0.05) is 45.5 Å². The minimum Gasteiger partial charge on any atom is -1.00 e. The number of likely N-dealkylation sites (tertiary alicyclic amines) is 2. The molecule has 0 atom stereocenters. The van der Waals surface area contributed by atoms with Crippen molar-refractivity contribution in [1.29, 1.82) is 0 Å². The van der Waals surface area contributed by atoms with Crippen LogP contribution in [-0.4, -0.2) is 88.8 Å². The molecule has 0 spiro atoms. The lowest BCUT2D eigenvalue weighted by Crippen LogP contribution is -3.00. The quantitative estimate of drug-likeness (QED) is 0.0762. The zero-order valence-corrected chi connectivity index (χ0v) is 32.5. The minimum absolute atomic E-state index is 0. The Morgan fingerprint density at radius 1 is 0.488 bits per heavy atom. The Morgan fingerprint density at radius 2 is 0.854 bits per heavy atom. The van der Waals surface area contributed by atoms with E-state index < -0.39 is 0 Å². The van der Waals surface area contributed by atoms with Crippen molar-refractivity contribution in [3.8, 4) is 0 Å². The van der Waals surface area contributed by atoms with Gasteiger partial charge in [0.05, 0.1) is 65.4 Å². The van der Waals surface area contributed by atoms with E-state index in [1.807, 2.05) is 0 Å². The highest BCUT2D eigenvalue weighted by Gasteiger charge is 2.46. The van der Waals surface area contributed by atoms with Crippen LogP contribution in [0.4, 0.5) is 0 Å². The molecule has 2 heterocycles. The second-order valence-corrected chi connectivity index (χ2v) is 14.4. The van der Waals surface area contributed by atoms with Gasteiger partial charge in [0.25, 0.3) is 0 Å². The molecule has 0 N–H and O–H groups in total. The molecular formula is C35H72I2N2O2. The van der Waals surface area contributed by atoms with Crippen molar-refractivity contribution < 1.29 is 66.4 Å². The first-order chi connectivity index (χ1) is 18.9. The van der Waals surface area contributed by atoms with Gasteiger partial charge in [0.15, 0.2) is 0 Å². The number of hydrogen-bond donors (Lipinski definition) is 0. The predicted molar refractivity (Wildman–Crippen MR) is 169 cm³/mol. The second kappa shape index (κ2) is 25.5. The summed E-state index contributed by atoms with van der Waals surface area (Å²) in [5, 5.41) is 0. The van der Waals surface area contributed by atoms with Crippen LogP contribution in [-0.2, 0) is 9.47 Å². The molecular weight excluding hydrogens is 734 g/mol. The fourth-order valence-corrected chi connectivity index (χ4v) is 7.75. The number of quaternary nitrogens is 2. The first kappa shape index (κ1) is 42.3.